The zero-order valence-electron chi connectivity index (χ0n) is 21.2. The van der Waals surface area contributed by atoms with Gasteiger partial charge in [-0.1, -0.05) is 54.2 Å². The van der Waals surface area contributed by atoms with Gasteiger partial charge in [-0.2, -0.15) is 4.98 Å². The lowest BCUT2D eigenvalue weighted by Crippen LogP contribution is -2.39. The number of aromatic nitrogens is 2. The lowest BCUT2D eigenvalue weighted by atomic mass is 9.89. The van der Waals surface area contributed by atoms with E-state index in [1.54, 1.807) is 18.2 Å². The number of ether oxygens (including phenoxy) is 1. The Labute approximate surface area is 233 Å². The quantitative estimate of drug-likeness (QED) is 0.359. The molecular formula is C29H31Cl2N5O2. The summed E-state index contributed by atoms with van der Waals surface area (Å²) in [5.41, 5.74) is 2.94. The first-order valence-corrected chi connectivity index (χ1v) is 14.2. The molecule has 3 heterocycles. The number of carbonyl (C=O) groups excluding carboxylic acids is 1. The number of para-hydroxylation sites is 1. The van der Waals surface area contributed by atoms with Gasteiger partial charge in [-0.15, -0.1) is 0 Å². The Kier molecular flexibility index (Phi) is 7.41. The van der Waals surface area contributed by atoms with Crippen molar-refractivity contribution in [2.45, 2.75) is 44.4 Å². The fraction of sp³-hybridized carbons (Fsp3) is 0.414. The van der Waals surface area contributed by atoms with Gasteiger partial charge in [0.15, 0.2) is 6.73 Å². The average Bonchev–Trinajstić information content (AvgIpc) is 3.44. The molecule has 0 radical (unpaired) electrons. The van der Waals surface area contributed by atoms with Crippen LogP contribution in [0.15, 0.2) is 48.7 Å². The van der Waals surface area contributed by atoms with Gasteiger partial charge in [-0.25, -0.2) is 4.98 Å². The van der Waals surface area contributed by atoms with Crippen molar-refractivity contribution in [3.8, 4) is 5.88 Å². The molecule has 1 saturated heterocycles. The predicted molar refractivity (Wildman–Crippen MR) is 151 cm³/mol. The molecule has 0 unspecified atom stereocenters. The Hall–Kier alpha value is -2.87. The van der Waals surface area contributed by atoms with E-state index in [2.05, 4.69) is 44.5 Å². The number of amides is 1. The van der Waals surface area contributed by atoms with E-state index < -0.39 is 0 Å². The normalized spacial score (nSPS) is 18.9. The second-order valence-corrected chi connectivity index (χ2v) is 11.3. The van der Waals surface area contributed by atoms with E-state index in [0.29, 0.717) is 27.6 Å². The largest absolute Gasteiger partial charge is 0.455 e. The highest BCUT2D eigenvalue weighted by atomic mass is 35.5. The van der Waals surface area contributed by atoms with Crippen molar-refractivity contribution in [2.75, 3.05) is 36.6 Å². The lowest BCUT2D eigenvalue weighted by Gasteiger charge is -2.33. The van der Waals surface area contributed by atoms with Gasteiger partial charge in [-0.3, -0.25) is 9.69 Å². The Morgan fingerprint density at radius 3 is 2.39 bits per heavy atom. The molecule has 198 valence electrons. The van der Waals surface area contributed by atoms with Crippen molar-refractivity contribution in [1.29, 1.82) is 0 Å². The number of piperidine rings is 1. The molecule has 1 aromatic heterocycles. The molecule has 3 aliphatic rings. The first-order chi connectivity index (χ1) is 18.5. The van der Waals surface area contributed by atoms with Crippen molar-refractivity contribution in [3.63, 3.8) is 0 Å². The molecule has 1 N–H and O–H groups in total. The fourth-order valence-electron chi connectivity index (χ4n) is 5.90. The van der Waals surface area contributed by atoms with Crippen LogP contribution >= 0.6 is 23.2 Å². The third kappa shape index (κ3) is 5.33. The summed E-state index contributed by atoms with van der Waals surface area (Å²) in [6.07, 6.45) is 9.57. The molecule has 3 aromatic rings. The molecule has 1 saturated carbocycles. The molecule has 1 aliphatic carbocycles. The van der Waals surface area contributed by atoms with Crippen LogP contribution in [0.4, 0.5) is 17.3 Å². The summed E-state index contributed by atoms with van der Waals surface area (Å²) < 4.78 is 5.79. The third-order valence-corrected chi connectivity index (χ3v) is 8.59. The number of benzene rings is 2. The standard InChI is InChI=1S/C29H31Cl2N5O2/c30-24-6-3-7-25(31)26(24)36-18-38-27-23(28(36)37)16-32-29(34-27)33-22-10-8-20(9-11-22)21-12-14-35(15-13-21)17-19-4-1-2-5-19/h3,6-11,16,19,21H,1-2,4-5,12-15,17-18H2,(H,32,33,34). The molecule has 0 bridgehead atoms. The molecule has 38 heavy (non-hydrogen) atoms. The zero-order valence-corrected chi connectivity index (χ0v) is 22.7. The van der Waals surface area contributed by atoms with E-state index in [1.165, 1.54) is 74.8 Å². The summed E-state index contributed by atoms with van der Waals surface area (Å²) in [5, 5.41) is 3.97. The molecule has 6 rings (SSSR count). The van der Waals surface area contributed by atoms with Crippen LogP contribution in [0.25, 0.3) is 0 Å². The van der Waals surface area contributed by atoms with Gasteiger partial charge in [0.05, 0.1) is 15.7 Å². The summed E-state index contributed by atoms with van der Waals surface area (Å²) in [4.78, 5) is 26.0. The molecule has 2 aromatic carbocycles. The van der Waals surface area contributed by atoms with Crippen LogP contribution in [0.2, 0.25) is 10.0 Å². The molecule has 2 aliphatic heterocycles. The number of nitrogens with one attached hydrogen (secondary N) is 1. The summed E-state index contributed by atoms with van der Waals surface area (Å²) in [6.45, 7) is 3.64. The number of halogens is 2. The lowest BCUT2D eigenvalue weighted by molar-refractivity contribution is 0.0932. The Balaban J connectivity index is 1.07. The number of rotatable bonds is 6. The van der Waals surface area contributed by atoms with Gasteiger partial charge >= 0.3 is 0 Å². The van der Waals surface area contributed by atoms with Crippen molar-refractivity contribution in [2.24, 2.45) is 5.92 Å². The van der Waals surface area contributed by atoms with Crippen LogP contribution < -0.4 is 15.0 Å². The summed E-state index contributed by atoms with van der Waals surface area (Å²) in [7, 11) is 0. The van der Waals surface area contributed by atoms with Crippen LogP contribution in [0.1, 0.15) is 60.4 Å². The summed E-state index contributed by atoms with van der Waals surface area (Å²) in [5.74, 6) is 1.82. The smallest absolute Gasteiger partial charge is 0.268 e. The van der Waals surface area contributed by atoms with Gasteiger partial charge in [0.25, 0.3) is 5.91 Å². The van der Waals surface area contributed by atoms with Crippen molar-refractivity contribution >= 4 is 46.4 Å². The number of fused-ring (bicyclic) bond motifs is 1. The highest BCUT2D eigenvalue weighted by molar-refractivity contribution is 6.40. The van der Waals surface area contributed by atoms with E-state index in [9.17, 15) is 4.79 Å². The number of anilines is 3. The molecular weight excluding hydrogens is 521 g/mol. The molecule has 1 amide bonds. The van der Waals surface area contributed by atoms with Crippen molar-refractivity contribution in [3.05, 3.63) is 69.8 Å². The number of carbonyl (C=O) groups is 1. The van der Waals surface area contributed by atoms with E-state index in [0.717, 1.165) is 11.6 Å². The maximum Gasteiger partial charge on any atom is 0.268 e. The van der Waals surface area contributed by atoms with E-state index in [1.807, 2.05) is 0 Å². The molecule has 9 heteroatoms. The number of hydrogen-bond donors (Lipinski definition) is 1. The molecule has 7 nitrogen and oxygen atoms in total. The van der Waals surface area contributed by atoms with Crippen LogP contribution in [0, 0.1) is 5.92 Å². The minimum Gasteiger partial charge on any atom is -0.455 e. The van der Waals surface area contributed by atoms with Crippen LogP contribution in [0.3, 0.4) is 0 Å². The first kappa shape index (κ1) is 25.4. The van der Waals surface area contributed by atoms with Crippen molar-refractivity contribution < 1.29 is 9.53 Å². The zero-order chi connectivity index (χ0) is 26.1. The minimum atomic E-state index is -0.313. The van der Waals surface area contributed by atoms with Gasteiger partial charge in [0, 0.05) is 18.4 Å². The second-order valence-electron chi connectivity index (χ2n) is 10.5. The van der Waals surface area contributed by atoms with E-state index >= 15 is 0 Å². The van der Waals surface area contributed by atoms with Gasteiger partial charge in [0.1, 0.15) is 5.56 Å². The maximum atomic E-state index is 13.1. The monoisotopic (exact) mass is 551 g/mol. The third-order valence-electron chi connectivity index (χ3n) is 7.98. The Bertz CT molecular complexity index is 1280. The summed E-state index contributed by atoms with van der Waals surface area (Å²) >= 11 is 12.6. The first-order valence-electron chi connectivity index (χ1n) is 13.4. The topological polar surface area (TPSA) is 70.6 Å². The van der Waals surface area contributed by atoms with Gasteiger partial charge < -0.3 is 15.0 Å². The van der Waals surface area contributed by atoms with Crippen LogP contribution in [0.5, 0.6) is 5.88 Å². The van der Waals surface area contributed by atoms with Crippen LogP contribution in [-0.4, -0.2) is 47.1 Å². The molecule has 2 fully saturated rings. The highest BCUT2D eigenvalue weighted by Crippen LogP contribution is 2.37. The van der Waals surface area contributed by atoms with E-state index in [4.69, 9.17) is 27.9 Å². The van der Waals surface area contributed by atoms with E-state index in [-0.39, 0.29) is 24.1 Å². The Morgan fingerprint density at radius 1 is 0.974 bits per heavy atom. The van der Waals surface area contributed by atoms with Crippen molar-refractivity contribution in [1.82, 2.24) is 14.9 Å². The van der Waals surface area contributed by atoms with Crippen LogP contribution in [-0.2, 0) is 0 Å². The van der Waals surface area contributed by atoms with Gasteiger partial charge in [-0.05, 0) is 80.4 Å². The minimum absolute atomic E-state index is 0.0418. The Morgan fingerprint density at radius 2 is 1.68 bits per heavy atom. The van der Waals surface area contributed by atoms with Gasteiger partial charge in [0.2, 0.25) is 11.8 Å². The number of hydrogen-bond acceptors (Lipinski definition) is 6. The SMILES string of the molecule is O=C1c2cnc(Nc3ccc(C4CCN(CC5CCCC5)CC4)cc3)nc2OCN1c1c(Cl)cccc1Cl. The highest BCUT2D eigenvalue weighted by Gasteiger charge is 2.31. The molecule has 0 spiro atoms. The number of likely N-dealkylation sites (tertiary alicyclic amines) is 1. The predicted octanol–water partition coefficient (Wildman–Crippen LogP) is 6.89. The average molecular weight is 553 g/mol. The fourth-order valence-corrected chi connectivity index (χ4v) is 6.50. The second kappa shape index (κ2) is 11.1. The molecule has 0 atom stereocenters. The number of nitrogens with zero attached hydrogens (tertiary/aromatic N) is 4. The maximum absolute atomic E-state index is 13.1. The summed E-state index contributed by atoms with van der Waals surface area (Å²) in [6, 6.07) is 13.6.